The van der Waals surface area contributed by atoms with Crippen LogP contribution >= 0.6 is 0 Å². The summed E-state index contributed by atoms with van der Waals surface area (Å²) in [5.41, 5.74) is 2.13. The van der Waals surface area contributed by atoms with Gasteiger partial charge in [0.2, 0.25) is 5.95 Å². The summed E-state index contributed by atoms with van der Waals surface area (Å²) in [7, 11) is 1.79. The average molecular weight is 326 g/mol. The summed E-state index contributed by atoms with van der Waals surface area (Å²) < 4.78 is 16.5. The largest absolute Gasteiger partial charge is 0.340 e. The van der Waals surface area contributed by atoms with E-state index in [9.17, 15) is 9.18 Å². The van der Waals surface area contributed by atoms with E-state index in [1.165, 1.54) is 12.1 Å². The number of amides is 1. The normalized spacial score (nSPS) is 13.9. The monoisotopic (exact) mass is 326 g/mol. The van der Waals surface area contributed by atoms with E-state index in [4.69, 9.17) is 0 Å². The molecule has 7 nitrogen and oxygen atoms in total. The number of benzene rings is 1. The Hall–Kier alpha value is -3.03. The quantitative estimate of drug-likeness (QED) is 0.798. The predicted octanol–water partition coefficient (Wildman–Crippen LogP) is 2.40. The van der Waals surface area contributed by atoms with Gasteiger partial charge in [-0.1, -0.05) is 5.10 Å². The summed E-state index contributed by atoms with van der Waals surface area (Å²) in [6, 6.07) is 9.97. The second kappa shape index (κ2) is 5.55. The van der Waals surface area contributed by atoms with Crippen LogP contribution in [0.15, 0.2) is 36.4 Å². The van der Waals surface area contributed by atoms with E-state index in [1.807, 2.05) is 6.07 Å². The lowest BCUT2D eigenvalue weighted by Crippen LogP contribution is -2.19. The van der Waals surface area contributed by atoms with Gasteiger partial charge in [0.05, 0.1) is 6.04 Å². The Balaban J connectivity index is 1.59. The zero-order valence-corrected chi connectivity index (χ0v) is 13.0. The summed E-state index contributed by atoms with van der Waals surface area (Å²) in [4.78, 5) is 12.5. The van der Waals surface area contributed by atoms with Gasteiger partial charge >= 0.3 is 0 Å². The molecule has 0 saturated heterocycles. The van der Waals surface area contributed by atoms with E-state index < -0.39 is 0 Å². The Morgan fingerprint density at radius 1 is 1.21 bits per heavy atom. The molecule has 0 spiro atoms. The molecule has 1 fully saturated rings. The van der Waals surface area contributed by atoms with Crippen LogP contribution in [0.1, 0.15) is 29.4 Å². The molecule has 1 aliphatic carbocycles. The van der Waals surface area contributed by atoms with Gasteiger partial charge in [0.25, 0.3) is 5.91 Å². The Bertz CT molecular complexity index is 894. The van der Waals surface area contributed by atoms with E-state index >= 15 is 0 Å². The van der Waals surface area contributed by atoms with Crippen molar-refractivity contribution < 1.29 is 9.18 Å². The highest BCUT2D eigenvalue weighted by Crippen LogP contribution is 2.35. The SMILES string of the molecule is Cn1c(C(=O)Nc2nnnn2C2CC2)ccc1-c1ccc(F)cc1. The number of hydrogen-bond acceptors (Lipinski definition) is 4. The van der Waals surface area contributed by atoms with Crippen molar-refractivity contribution in [1.82, 2.24) is 24.8 Å². The number of aromatic nitrogens is 5. The third kappa shape index (κ3) is 2.55. The van der Waals surface area contributed by atoms with Crippen molar-refractivity contribution >= 4 is 11.9 Å². The van der Waals surface area contributed by atoms with Crippen LogP contribution in [0.25, 0.3) is 11.3 Å². The molecular formula is C16H15FN6O. The zero-order chi connectivity index (χ0) is 16.7. The van der Waals surface area contributed by atoms with Gasteiger partial charge < -0.3 is 4.57 Å². The maximum Gasteiger partial charge on any atom is 0.274 e. The van der Waals surface area contributed by atoms with E-state index in [0.717, 1.165) is 24.1 Å². The maximum atomic E-state index is 13.1. The number of nitrogens with one attached hydrogen (secondary N) is 1. The van der Waals surface area contributed by atoms with E-state index in [0.29, 0.717) is 11.6 Å². The van der Waals surface area contributed by atoms with Crippen molar-refractivity contribution in [3.05, 3.63) is 47.9 Å². The van der Waals surface area contributed by atoms with Crippen LogP contribution in [0.5, 0.6) is 0 Å². The van der Waals surface area contributed by atoms with Crippen molar-refractivity contribution in [3.63, 3.8) is 0 Å². The van der Waals surface area contributed by atoms with Gasteiger partial charge in [-0.3, -0.25) is 10.1 Å². The molecule has 3 aromatic rings. The zero-order valence-electron chi connectivity index (χ0n) is 13.0. The van der Waals surface area contributed by atoms with Gasteiger partial charge in [0.1, 0.15) is 11.5 Å². The topological polar surface area (TPSA) is 77.6 Å². The van der Waals surface area contributed by atoms with Gasteiger partial charge in [0, 0.05) is 12.7 Å². The second-order valence-corrected chi connectivity index (χ2v) is 5.80. The minimum Gasteiger partial charge on any atom is -0.340 e. The third-order valence-corrected chi connectivity index (χ3v) is 4.11. The molecule has 2 heterocycles. The first-order valence-corrected chi connectivity index (χ1v) is 7.64. The first kappa shape index (κ1) is 14.6. The molecule has 0 atom stereocenters. The van der Waals surface area contributed by atoms with Crippen LogP contribution in [0.2, 0.25) is 0 Å². The molecular weight excluding hydrogens is 311 g/mol. The van der Waals surface area contributed by atoms with E-state index in [1.54, 1.807) is 34.5 Å². The molecule has 24 heavy (non-hydrogen) atoms. The summed E-state index contributed by atoms with van der Waals surface area (Å²) >= 11 is 0. The fraction of sp³-hybridized carbons (Fsp3) is 0.250. The van der Waals surface area contributed by atoms with Gasteiger partial charge in [-0.15, -0.1) is 0 Å². The second-order valence-electron chi connectivity index (χ2n) is 5.80. The summed E-state index contributed by atoms with van der Waals surface area (Å²) in [6.45, 7) is 0. The van der Waals surface area contributed by atoms with Crippen molar-refractivity contribution in [2.75, 3.05) is 5.32 Å². The lowest BCUT2D eigenvalue weighted by molar-refractivity contribution is 0.101. The lowest BCUT2D eigenvalue weighted by Gasteiger charge is -2.08. The molecule has 8 heteroatoms. The first-order valence-electron chi connectivity index (χ1n) is 7.64. The standard InChI is InChI=1S/C16H15FN6O/c1-22-13(10-2-4-11(17)5-3-10)8-9-14(22)15(24)18-16-19-20-21-23(16)12-6-7-12/h2-5,8-9,12H,6-7H2,1H3,(H,18,19,21,24). The van der Waals surface area contributed by atoms with Crippen LogP contribution < -0.4 is 5.32 Å². The number of rotatable bonds is 4. The van der Waals surface area contributed by atoms with E-state index in [-0.39, 0.29) is 17.8 Å². The lowest BCUT2D eigenvalue weighted by atomic mass is 10.1. The molecule has 1 saturated carbocycles. The highest BCUT2D eigenvalue weighted by molar-refractivity contribution is 6.02. The number of tetrazole rings is 1. The molecule has 2 aromatic heterocycles. The fourth-order valence-corrected chi connectivity index (χ4v) is 2.66. The molecule has 4 rings (SSSR count). The number of anilines is 1. The summed E-state index contributed by atoms with van der Waals surface area (Å²) in [5.74, 6) is -0.229. The molecule has 1 aromatic carbocycles. The Morgan fingerprint density at radius 3 is 2.67 bits per heavy atom. The minimum absolute atomic E-state index is 0.276. The summed E-state index contributed by atoms with van der Waals surface area (Å²) in [6.07, 6.45) is 2.04. The molecule has 1 amide bonds. The van der Waals surface area contributed by atoms with Gasteiger partial charge in [-0.05, 0) is 65.2 Å². The van der Waals surface area contributed by atoms with Crippen LogP contribution in [0, 0.1) is 5.82 Å². The minimum atomic E-state index is -0.294. The predicted molar refractivity (Wildman–Crippen MR) is 84.8 cm³/mol. The highest BCUT2D eigenvalue weighted by Gasteiger charge is 2.28. The molecule has 1 aliphatic rings. The number of carbonyl (C=O) groups excluding carboxylic acids is 1. The maximum absolute atomic E-state index is 13.1. The van der Waals surface area contributed by atoms with Crippen molar-refractivity contribution in [3.8, 4) is 11.3 Å². The third-order valence-electron chi connectivity index (χ3n) is 4.11. The van der Waals surface area contributed by atoms with Crippen LogP contribution in [0.4, 0.5) is 10.3 Å². The van der Waals surface area contributed by atoms with Crippen molar-refractivity contribution in [2.45, 2.75) is 18.9 Å². The number of hydrogen-bond donors (Lipinski definition) is 1. The molecule has 0 aliphatic heterocycles. The van der Waals surface area contributed by atoms with Gasteiger partial charge in [-0.2, -0.15) is 0 Å². The van der Waals surface area contributed by atoms with E-state index in [2.05, 4.69) is 20.8 Å². The number of nitrogens with zero attached hydrogens (tertiary/aromatic N) is 5. The number of carbonyl (C=O) groups is 1. The van der Waals surface area contributed by atoms with Crippen LogP contribution in [-0.2, 0) is 7.05 Å². The molecule has 0 bridgehead atoms. The Labute approximate surface area is 137 Å². The van der Waals surface area contributed by atoms with Crippen molar-refractivity contribution in [1.29, 1.82) is 0 Å². The van der Waals surface area contributed by atoms with Crippen LogP contribution in [0.3, 0.4) is 0 Å². The molecule has 0 unspecified atom stereocenters. The smallest absolute Gasteiger partial charge is 0.274 e. The Kier molecular flexibility index (Phi) is 3.37. The van der Waals surface area contributed by atoms with Gasteiger partial charge in [0.15, 0.2) is 0 Å². The number of halogens is 1. The molecule has 122 valence electrons. The van der Waals surface area contributed by atoms with Crippen molar-refractivity contribution in [2.24, 2.45) is 7.05 Å². The van der Waals surface area contributed by atoms with Gasteiger partial charge in [-0.25, -0.2) is 9.07 Å². The fourth-order valence-electron chi connectivity index (χ4n) is 2.66. The first-order chi connectivity index (χ1) is 11.6. The molecule has 1 N–H and O–H groups in total. The summed E-state index contributed by atoms with van der Waals surface area (Å²) in [5, 5.41) is 14.1. The van der Waals surface area contributed by atoms with Crippen LogP contribution in [-0.4, -0.2) is 30.7 Å². The highest BCUT2D eigenvalue weighted by atomic mass is 19.1. The Morgan fingerprint density at radius 2 is 1.96 bits per heavy atom. The molecule has 0 radical (unpaired) electrons. The average Bonchev–Trinajstić information content (AvgIpc) is 3.19.